The Hall–Kier alpha value is -1.19. The lowest BCUT2D eigenvalue weighted by molar-refractivity contribution is -0.134. The zero-order valence-corrected chi connectivity index (χ0v) is 14.9. The first-order valence-electron chi connectivity index (χ1n) is 6.91. The molecule has 0 bridgehead atoms. The van der Waals surface area contributed by atoms with Gasteiger partial charge >= 0.3 is 0 Å². The van der Waals surface area contributed by atoms with Gasteiger partial charge in [0, 0.05) is 24.2 Å². The molecule has 9 heteroatoms. The number of halogens is 1. The summed E-state index contributed by atoms with van der Waals surface area (Å²) in [4.78, 5) is 14.0. The quantitative estimate of drug-likeness (QED) is 0.673. The van der Waals surface area contributed by atoms with Crippen LogP contribution in [-0.2, 0) is 26.2 Å². The van der Waals surface area contributed by atoms with Crippen molar-refractivity contribution in [3.05, 3.63) is 29.3 Å². The topological polar surface area (TPSA) is 98.7 Å². The predicted octanol–water partition coefficient (Wildman–Crippen LogP) is 0.249. The Morgan fingerprint density at radius 1 is 1.35 bits per heavy atom. The summed E-state index contributed by atoms with van der Waals surface area (Å²) >= 11 is 0. The van der Waals surface area contributed by atoms with Gasteiger partial charge in [0.2, 0.25) is 10.0 Å². The molecule has 1 aliphatic rings. The molecule has 23 heavy (non-hydrogen) atoms. The van der Waals surface area contributed by atoms with Crippen molar-refractivity contribution in [2.75, 3.05) is 33.0 Å². The van der Waals surface area contributed by atoms with Crippen molar-refractivity contribution in [1.82, 2.24) is 9.62 Å². The second-order valence-corrected chi connectivity index (χ2v) is 7.64. The van der Waals surface area contributed by atoms with Crippen molar-refractivity contribution in [3.8, 4) is 0 Å². The number of fused-ring (bicyclic) bond motifs is 1. The molecule has 2 rings (SSSR count). The van der Waals surface area contributed by atoms with Crippen molar-refractivity contribution in [1.29, 1.82) is 0 Å². The van der Waals surface area contributed by atoms with Gasteiger partial charge < -0.3 is 15.3 Å². The third-order valence-corrected chi connectivity index (χ3v) is 5.08. The summed E-state index contributed by atoms with van der Waals surface area (Å²) in [6.45, 7) is 0.530. The summed E-state index contributed by atoms with van der Waals surface area (Å²) in [5.41, 5.74) is -0.146. The number of benzene rings is 1. The standard InChI is InChI=1S/C14H21N3O4S.ClH/c1-15-22(20,21)9-10-4-5-12-11(8-10)14(19,13(18)16-12)6-7-17(2)3;/h4-5,8,15,19H,6-7,9H2,1-3H3,(H,16,18);1H. The van der Waals surface area contributed by atoms with E-state index < -0.39 is 21.5 Å². The number of nitrogens with one attached hydrogen (secondary N) is 2. The lowest BCUT2D eigenvalue weighted by atomic mass is 9.90. The summed E-state index contributed by atoms with van der Waals surface area (Å²) in [6, 6.07) is 4.84. The molecule has 0 saturated heterocycles. The highest BCUT2D eigenvalue weighted by atomic mass is 35.5. The minimum absolute atomic E-state index is 0. The Morgan fingerprint density at radius 2 is 2.00 bits per heavy atom. The molecule has 1 aromatic carbocycles. The highest BCUT2D eigenvalue weighted by molar-refractivity contribution is 7.88. The van der Waals surface area contributed by atoms with E-state index in [1.54, 1.807) is 18.2 Å². The van der Waals surface area contributed by atoms with Crippen LogP contribution in [0.25, 0.3) is 0 Å². The lowest BCUT2D eigenvalue weighted by Crippen LogP contribution is -2.37. The second kappa shape index (κ2) is 7.14. The van der Waals surface area contributed by atoms with E-state index in [1.165, 1.54) is 7.05 Å². The molecule has 1 aliphatic heterocycles. The summed E-state index contributed by atoms with van der Waals surface area (Å²) < 4.78 is 25.5. The number of hydrogen-bond acceptors (Lipinski definition) is 5. The van der Waals surface area contributed by atoms with Crippen molar-refractivity contribution in [3.63, 3.8) is 0 Å². The van der Waals surface area contributed by atoms with E-state index in [2.05, 4.69) is 10.0 Å². The zero-order valence-electron chi connectivity index (χ0n) is 13.3. The number of rotatable bonds is 6. The molecule has 130 valence electrons. The Balaban J connectivity index is 0.00000264. The third-order valence-electron chi connectivity index (χ3n) is 3.74. The molecule has 0 saturated carbocycles. The number of aliphatic hydroxyl groups is 1. The second-order valence-electron chi connectivity index (χ2n) is 5.71. The van der Waals surface area contributed by atoms with Gasteiger partial charge in [-0.3, -0.25) is 4.79 Å². The maximum atomic E-state index is 12.1. The minimum Gasteiger partial charge on any atom is -0.375 e. The third kappa shape index (κ3) is 4.21. The Morgan fingerprint density at radius 3 is 2.57 bits per heavy atom. The normalized spacial score (nSPS) is 20.1. The number of sulfonamides is 1. The van der Waals surface area contributed by atoms with Crippen molar-refractivity contribution >= 4 is 34.0 Å². The van der Waals surface area contributed by atoms with Gasteiger partial charge in [-0.05, 0) is 38.8 Å². The molecule has 1 heterocycles. The summed E-state index contributed by atoms with van der Waals surface area (Å²) in [5.74, 6) is -0.674. The van der Waals surface area contributed by atoms with Crippen molar-refractivity contribution < 1.29 is 18.3 Å². The number of carbonyl (C=O) groups excluding carboxylic acids is 1. The van der Waals surface area contributed by atoms with Gasteiger partial charge in [0.15, 0.2) is 5.60 Å². The lowest BCUT2D eigenvalue weighted by Gasteiger charge is -2.23. The highest BCUT2D eigenvalue weighted by Crippen LogP contribution is 2.39. The van der Waals surface area contributed by atoms with Gasteiger partial charge in [-0.25, -0.2) is 13.1 Å². The van der Waals surface area contributed by atoms with Gasteiger partial charge in [0.05, 0.1) is 5.75 Å². The van der Waals surface area contributed by atoms with Crippen molar-refractivity contribution in [2.24, 2.45) is 0 Å². The minimum atomic E-state index is -3.41. The SMILES string of the molecule is CNS(=O)(=O)Cc1ccc2c(c1)C(O)(CCN(C)C)C(=O)N2.Cl. The molecule has 1 aromatic rings. The average molecular weight is 364 g/mol. The van der Waals surface area contributed by atoms with E-state index in [0.717, 1.165) is 0 Å². The van der Waals surface area contributed by atoms with Crippen LogP contribution >= 0.6 is 12.4 Å². The van der Waals surface area contributed by atoms with Gasteiger partial charge in [-0.2, -0.15) is 0 Å². The first-order chi connectivity index (χ1) is 10.2. The van der Waals surface area contributed by atoms with E-state index in [0.29, 0.717) is 23.4 Å². The van der Waals surface area contributed by atoms with E-state index in [9.17, 15) is 18.3 Å². The Kier molecular flexibility index (Phi) is 6.17. The first kappa shape index (κ1) is 19.9. The molecule has 0 fully saturated rings. The number of amides is 1. The fourth-order valence-corrected chi connectivity index (χ4v) is 3.17. The zero-order chi connectivity index (χ0) is 16.5. The summed E-state index contributed by atoms with van der Waals surface area (Å²) in [7, 11) is 1.65. The molecule has 0 radical (unpaired) electrons. The fraction of sp³-hybridized carbons (Fsp3) is 0.500. The molecule has 1 amide bonds. The maximum Gasteiger partial charge on any atom is 0.261 e. The van der Waals surface area contributed by atoms with Crippen LogP contribution in [0.2, 0.25) is 0 Å². The van der Waals surface area contributed by atoms with Gasteiger partial charge in [0.25, 0.3) is 5.91 Å². The van der Waals surface area contributed by atoms with Crippen LogP contribution in [0.4, 0.5) is 5.69 Å². The maximum absolute atomic E-state index is 12.1. The van der Waals surface area contributed by atoms with Crippen molar-refractivity contribution in [2.45, 2.75) is 17.8 Å². The van der Waals surface area contributed by atoms with Gasteiger partial charge in [-0.15, -0.1) is 12.4 Å². The van der Waals surface area contributed by atoms with Gasteiger partial charge in [-0.1, -0.05) is 6.07 Å². The Labute approximate surface area is 142 Å². The molecule has 0 aliphatic carbocycles. The molecule has 0 aromatic heterocycles. The molecule has 0 spiro atoms. The molecule has 7 nitrogen and oxygen atoms in total. The van der Waals surface area contributed by atoms with E-state index in [4.69, 9.17) is 0 Å². The average Bonchev–Trinajstić information content (AvgIpc) is 2.69. The van der Waals surface area contributed by atoms with Crippen LogP contribution in [-0.4, -0.2) is 52.0 Å². The Bertz CT molecular complexity index is 693. The smallest absolute Gasteiger partial charge is 0.261 e. The van der Waals surface area contributed by atoms with E-state index in [1.807, 2.05) is 19.0 Å². The van der Waals surface area contributed by atoms with Crippen LogP contribution < -0.4 is 10.0 Å². The summed E-state index contributed by atoms with van der Waals surface area (Å²) in [5, 5.41) is 13.4. The number of carbonyl (C=O) groups is 1. The van der Waals surface area contributed by atoms with E-state index >= 15 is 0 Å². The largest absolute Gasteiger partial charge is 0.375 e. The molecular weight excluding hydrogens is 342 g/mol. The monoisotopic (exact) mass is 363 g/mol. The van der Waals surface area contributed by atoms with Crippen LogP contribution in [0.5, 0.6) is 0 Å². The van der Waals surface area contributed by atoms with Crippen LogP contribution in [0, 0.1) is 0 Å². The predicted molar refractivity (Wildman–Crippen MR) is 91.1 cm³/mol. The fourth-order valence-electron chi connectivity index (χ4n) is 2.41. The number of anilines is 1. The van der Waals surface area contributed by atoms with Crippen LogP contribution in [0.15, 0.2) is 18.2 Å². The number of nitrogens with zero attached hydrogens (tertiary/aromatic N) is 1. The first-order valence-corrected chi connectivity index (χ1v) is 8.56. The highest BCUT2D eigenvalue weighted by Gasteiger charge is 2.45. The van der Waals surface area contributed by atoms with E-state index in [-0.39, 0.29) is 24.6 Å². The number of hydrogen-bond donors (Lipinski definition) is 3. The van der Waals surface area contributed by atoms with Crippen LogP contribution in [0.3, 0.4) is 0 Å². The molecule has 3 N–H and O–H groups in total. The van der Waals surface area contributed by atoms with Crippen LogP contribution in [0.1, 0.15) is 17.5 Å². The molecule has 1 unspecified atom stereocenters. The van der Waals surface area contributed by atoms with Gasteiger partial charge in [0.1, 0.15) is 0 Å². The molecule has 1 atom stereocenters. The summed E-state index contributed by atoms with van der Waals surface area (Å²) in [6.07, 6.45) is 0.237. The molecular formula is C14H22ClN3O4S.